The maximum Gasteiger partial charge on any atom is 0.271 e. The first-order chi connectivity index (χ1) is 11.8. The third kappa shape index (κ3) is 3.66. The van der Waals surface area contributed by atoms with E-state index in [0.717, 1.165) is 5.69 Å². The second-order valence-electron chi connectivity index (χ2n) is 5.41. The van der Waals surface area contributed by atoms with Crippen molar-refractivity contribution in [2.24, 2.45) is 0 Å². The van der Waals surface area contributed by atoms with Gasteiger partial charge in [0.15, 0.2) is 5.75 Å². The van der Waals surface area contributed by atoms with Crippen molar-refractivity contribution >= 4 is 50.0 Å². The van der Waals surface area contributed by atoms with Crippen molar-refractivity contribution < 1.29 is 22.5 Å². The van der Waals surface area contributed by atoms with Crippen LogP contribution in [0.5, 0.6) is 5.75 Å². The third-order valence-corrected chi connectivity index (χ3v) is 5.97. The van der Waals surface area contributed by atoms with Crippen LogP contribution in [-0.4, -0.2) is 46.9 Å². The summed E-state index contributed by atoms with van der Waals surface area (Å²) in [6, 6.07) is 7.25. The maximum absolute atomic E-state index is 12.6. The lowest BCUT2D eigenvalue weighted by Gasteiger charge is -2.19. The van der Waals surface area contributed by atoms with E-state index < -0.39 is 10.1 Å². The zero-order valence-corrected chi connectivity index (χ0v) is 15.8. The Morgan fingerprint density at radius 2 is 2.00 bits per heavy atom. The first-order valence-corrected chi connectivity index (χ1v) is 10.4. The molecule has 2 heterocycles. The lowest BCUT2D eigenvalue weighted by atomic mass is 10.2. The summed E-state index contributed by atoms with van der Waals surface area (Å²) >= 11 is 6.41. The van der Waals surface area contributed by atoms with Gasteiger partial charge in [-0.25, -0.2) is 0 Å². The number of para-hydroxylation sites is 2. The zero-order valence-electron chi connectivity index (χ0n) is 13.3. The number of fused-ring (bicyclic) bond motifs is 1. The van der Waals surface area contributed by atoms with Crippen LogP contribution in [0.25, 0.3) is 0 Å². The smallest absolute Gasteiger partial charge is 0.271 e. The largest absolute Gasteiger partial charge is 0.437 e. The van der Waals surface area contributed by atoms with Crippen molar-refractivity contribution in [3.05, 3.63) is 35.1 Å². The molecule has 0 aromatic heterocycles. The van der Waals surface area contributed by atoms with Gasteiger partial charge in [0.2, 0.25) is 5.88 Å². The van der Waals surface area contributed by atoms with E-state index in [1.54, 1.807) is 11.0 Å². The Hall–Kier alpha value is -1.62. The molecule has 0 spiro atoms. The second kappa shape index (κ2) is 6.94. The summed E-state index contributed by atoms with van der Waals surface area (Å²) in [7, 11) is -4.05. The van der Waals surface area contributed by atoms with Gasteiger partial charge in [-0.15, -0.1) is 0 Å². The molecule has 10 heteroatoms. The lowest BCUT2D eigenvalue weighted by molar-refractivity contribution is -0.122. The van der Waals surface area contributed by atoms with Crippen LogP contribution in [0.15, 0.2) is 35.1 Å². The number of rotatable bonds is 5. The number of benzene rings is 1. The van der Waals surface area contributed by atoms with E-state index >= 15 is 0 Å². The second-order valence-corrected chi connectivity index (χ2v) is 8.63. The molecule has 0 bridgehead atoms. The van der Waals surface area contributed by atoms with E-state index in [-0.39, 0.29) is 24.6 Å². The van der Waals surface area contributed by atoms with Gasteiger partial charge in [-0.2, -0.15) is 8.42 Å². The van der Waals surface area contributed by atoms with Crippen LogP contribution in [0.3, 0.4) is 0 Å². The molecule has 1 N–H and O–H groups in total. The number of thiocarbonyl (C=S) groups is 1. The van der Waals surface area contributed by atoms with Gasteiger partial charge in [0.1, 0.15) is 9.23 Å². The summed E-state index contributed by atoms with van der Waals surface area (Å²) in [5.41, 5.74) is 0.745. The SMILES string of the molecule is CCN1C(=O)/C(=C2\Oc3ccccc3N2CCCS(=O)(=O)O)SC1=S. The lowest BCUT2D eigenvalue weighted by Crippen LogP contribution is -2.30. The fourth-order valence-electron chi connectivity index (χ4n) is 2.63. The van der Waals surface area contributed by atoms with Gasteiger partial charge in [-0.1, -0.05) is 24.4 Å². The molecule has 134 valence electrons. The Labute approximate surface area is 155 Å². The van der Waals surface area contributed by atoms with Gasteiger partial charge in [0.25, 0.3) is 16.0 Å². The van der Waals surface area contributed by atoms with Gasteiger partial charge in [0.05, 0.1) is 11.4 Å². The molecule has 0 saturated carbocycles. The quantitative estimate of drug-likeness (QED) is 0.457. The molecule has 2 aliphatic heterocycles. The number of carbonyl (C=O) groups is 1. The zero-order chi connectivity index (χ0) is 18.2. The van der Waals surface area contributed by atoms with Crippen molar-refractivity contribution in [1.29, 1.82) is 0 Å². The molecule has 0 atom stereocenters. The van der Waals surface area contributed by atoms with E-state index in [2.05, 4.69) is 0 Å². The average Bonchev–Trinajstić information content (AvgIpc) is 3.04. The number of amides is 1. The van der Waals surface area contributed by atoms with E-state index in [4.69, 9.17) is 21.5 Å². The molecule has 1 amide bonds. The molecule has 1 aromatic carbocycles. The van der Waals surface area contributed by atoms with Crippen molar-refractivity contribution in [2.45, 2.75) is 13.3 Å². The third-order valence-electron chi connectivity index (χ3n) is 3.75. The molecule has 25 heavy (non-hydrogen) atoms. The van der Waals surface area contributed by atoms with Crippen molar-refractivity contribution in [1.82, 2.24) is 4.90 Å². The number of ether oxygens (including phenoxy) is 1. The molecule has 0 radical (unpaired) electrons. The summed E-state index contributed by atoms with van der Waals surface area (Å²) in [6.45, 7) is 2.59. The summed E-state index contributed by atoms with van der Waals surface area (Å²) in [5.74, 6) is 0.352. The van der Waals surface area contributed by atoms with Crippen LogP contribution in [0.1, 0.15) is 13.3 Å². The van der Waals surface area contributed by atoms with Crippen LogP contribution in [0, 0.1) is 0 Å². The minimum Gasteiger partial charge on any atom is -0.437 e. The number of hydrogen-bond donors (Lipinski definition) is 1. The number of thioether (sulfide) groups is 1. The predicted octanol–water partition coefficient (Wildman–Crippen LogP) is 2.21. The van der Waals surface area contributed by atoms with Crippen molar-refractivity contribution in [3.8, 4) is 5.75 Å². The fraction of sp³-hybridized carbons (Fsp3) is 0.333. The molecule has 0 aliphatic carbocycles. The van der Waals surface area contributed by atoms with Gasteiger partial charge in [-0.3, -0.25) is 14.2 Å². The topological polar surface area (TPSA) is 87.2 Å². The molecule has 1 saturated heterocycles. The van der Waals surface area contributed by atoms with E-state index in [0.29, 0.717) is 27.4 Å². The molecule has 1 aromatic rings. The summed E-state index contributed by atoms with van der Waals surface area (Å²) in [5, 5.41) is 0. The maximum atomic E-state index is 12.6. The first-order valence-electron chi connectivity index (χ1n) is 7.59. The molecule has 7 nitrogen and oxygen atoms in total. The summed E-state index contributed by atoms with van der Waals surface area (Å²) in [6.07, 6.45) is 0.189. The van der Waals surface area contributed by atoms with Crippen LogP contribution in [-0.2, 0) is 14.9 Å². The van der Waals surface area contributed by atoms with Crippen LogP contribution in [0.4, 0.5) is 5.69 Å². The molecule has 1 fully saturated rings. The Bertz CT molecular complexity index is 866. The summed E-state index contributed by atoms with van der Waals surface area (Å²) in [4.78, 5) is 16.2. The number of nitrogens with zero attached hydrogens (tertiary/aromatic N) is 2. The number of anilines is 1. The highest BCUT2D eigenvalue weighted by Gasteiger charge is 2.39. The normalized spacial score (nSPS) is 20.2. The first kappa shape index (κ1) is 18.2. The Balaban J connectivity index is 1.94. The van der Waals surface area contributed by atoms with E-state index in [9.17, 15) is 13.2 Å². The number of carbonyl (C=O) groups excluding carboxylic acids is 1. The highest BCUT2D eigenvalue weighted by molar-refractivity contribution is 8.26. The van der Waals surface area contributed by atoms with Gasteiger partial charge in [0, 0.05) is 13.1 Å². The molecular weight excluding hydrogens is 384 g/mol. The Kier molecular flexibility index (Phi) is 5.05. The van der Waals surface area contributed by atoms with Crippen molar-refractivity contribution in [2.75, 3.05) is 23.7 Å². The van der Waals surface area contributed by atoms with Gasteiger partial charge >= 0.3 is 0 Å². The summed E-state index contributed by atoms with van der Waals surface area (Å²) < 4.78 is 37.2. The minimum atomic E-state index is -4.05. The van der Waals surface area contributed by atoms with Crippen LogP contribution in [0.2, 0.25) is 0 Å². The number of likely N-dealkylation sites (N-methyl/N-ethyl adjacent to an activating group) is 1. The molecule has 2 aliphatic rings. The molecular formula is C15H16N2O5S3. The fourth-order valence-corrected chi connectivity index (χ4v) is 4.52. The van der Waals surface area contributed by atoms with Gasteiger partial charge in [-0.05, 0) is 37.2 Å². The molecule has 0 unspecified atom stereocenters. The van der Waals surface area contributed by atoms with Crippen LogP contribution >= 0.6 is 24.0 Å². The number of hydrogen-bond acceptors (Lipinski definition) is 7. The minimum absolute atomic E-state index is 0.189. The highest BCUT2D eigenvalue weighted by Crippen LogP contribution is 2.44. The van der Waals surface area contributed by atoms with Crippen molar-refractivity contribution in [3.63, 3.8) is 0 Å². The average molecular weight is 401 g/mol. The van der Waals surface area contributed by atoms with E-state index in [1.165, 1.54) is 16.7 Å². The Morgan fingerprint density at radius 1 is 1.28 bits per heavy atom. The van der Waals surface area contributed by atoms with E-state index in [1.807, 2.05) is 25.1 Å². The molecule has 3 rings (SSSR count). The standard InChI is InChI=1S/C15H16N2O5S3/c1-2-16-13(18)12(24-15(16)23)14-17(8-5-9-25(19,20)21)10-6-3-4-7-11(10)22-14/h3-4,6-7H,2,5,8-9H2,1H3,(H,19,20,21)/b14-12+. The monoisotopic (exact) mass is 400 g/mol. The predicted molar refractivity (Wildman–Crippen MR) is 100 cm³/mol. The van der Waals surface area contributed by atoms with Crippen LogP contribution < -0.4 is 9.64 Å². The Morgan fingerprint density at radius 3 is 2.64 bits per heavy atom. The highest BCUT2D eigenvalue weighted by atomic mass is 32.2. The van der Waals surface area contributed by atoms with Gasteiger partial charge < -0.3 is 9.64 Å².